The molecule has 4 nitrogen and oxygen atoms in total. The van der Waals surface area contributed by atoms with Gasteiger partial charge in [0.2, 0.25) is 0 Å². The highest BCUT2D eigenvalue weighted by Crippen LogP contribution is 2.20. The molecule has 1 aromatic carbocycles. The summed E-state index contributed by atoms with van der Waals surface area (Å²) in [5.74, 6) is 0.377. The summed E-state index contributed by atoms with van der Waals surface area (Å²) < 4.78 is 6.24. The molecule has 0 radical (unpaired) electrons. The molecule has 1 unspecified atom stereocenters. The summed E-state index contributed by atoms with van der Waals surface area (Å²) in [5, 5.41) is 0. The topological polar surface area (TPSA) is 61.0 Å². The van der Waals surface area contributed by atoms with Crippen molar-refractivity contribution in [3.05, 3.63) is 46.6 Å². The molecule has 2 N–H and O–H groups in total. The van der Waals surface area contributed by atoms with E-state index in [4.69, 9.17) is 10.5 Å². The molecule has 0 bridgehead atoms. The minimum absolute atomic E-state index is 0.120. The van der Waals surface area contributed by atoms with E-state index in [1.54, 1.807) is 6.07 Å². The summed E-state index contributed by atoms with van der Waals surface area (Å²) >= 11 is 3.25. The highest BCUT2D eigenvalue weighted by Gasteiger charge is 2.09. The number of ether oxygens (including phenoxy) is 1. The van der Waals surface area contributed by atoms with E-state index in [1.165, 1.54) is 0 Å². The molecule has 0 aliphatic carbocycles. The molecule has 1 atom stereocenters. The maximum Gasteiger partial charge on any atom is 0.320 e. The Morgan fingerprint density at radius 1 is 1.24 bits per heavy atom. The largest absolute Gasteiger partial charge is 0.455 e. The summed E-state index contributed by atoms with van der Waals surface area (Å²) in [6.07, 6.45) is -0.120. The molecule has 5 heteroatoms. The van der Waals surface area contributed by atoms with Gasteiger partial charge < -0.3 is 10.5 Å². The van der Waals surface area contributed by atoms with E-state index in [-0.39, 0.29) is 12.1 Å². The first-order chi connectivity index (χ1) is 8.15. The second kappa shape index (κ2) is 5.14. The molecular formula is C12H12BrN3O. The van der Waals surface area contributed by atoms with Gasteiger partial charge in [-0.15, -0.1) is 0 Å². The Morgan fingerprint density at radius 3 is 2.59 bits per heavy atom. The highest BCUT2D eigenvalue weighted by atomic mass is 79.9. The smallest absolute Gasteiger partial charge is 0.320 e. The second-order valence-electron chi connectivity index (χ2n) is 3.57. The first-order valence-electron chi connectivity index (χ1n) is 5.17. The molecule has 0 aliphatic rings. The monoisotopic (exact) mass is 293 g/mol. The van der Waals surface area contributed by atoms with Gasteiger partial charge in [0.15, 0.2) is 0 Å². The molecule has 2 rings (SSSR count). The molecule has 2 aromatic rings. The van der Waals surface area contributed by atoms with E-state index in [1.807, 2.05) is 37.3 Å². The van der Waals surface area contributed by atoms with Crippen molar-refractivity contribution in [3.63, 3.8) is 0 Å². The number of nitrogens with zero attached hydrogens (tertiary/aromatic N) is 2. The third-order valence-electron chi connectivity index (χ3n) is 2.25. The van der Waals surface area contributed by atoms with Crippen LogP contribution in [-0.4, -0.2) is 9.97 Å². The molecule has 88 valence electrons. The molecule has 1 heterocycles. The van der Waals surface area contributed by atoms with E-state index in [0.717, 1.165) is 5.56 Å². The summed E-state index contributed by atoms with van der Waals surface area (Å²) in [4.78, 5) is 8.12. The molecule has 1 aromatic heterocycles. The Labute approximate surface area is 108 Å². The number of hydrogen-bond acceptors (Lipinski definition) is 4. The van der Waals surface area contributed by atoms with E-state index in [0.29, 0.717) is 10.4 Å². The lowest BCUT2D eigenvalue weighted by atomic mass is 10.1. The fourth-order valence-corrected chi connectivity index (χ4v) is 1.80. The summed E-state index contributed by atoms with van der Waals surface area (Å²) in [6.45, 7) is 1.94. The van der Waals surface area contributed by atoms with E-state index < -0.39 is 0 Å². The van der Waals surface area contributed by atoms with E-state index in [9.17, 15) is 0 Å². The van der Waals surface area contributed by atoms with Crippen LogP contribution in [0, 0.1) is 0 Å². The zero-order valence-electron chi connectivity index (χ0n) is 9.30. The fraction of sp³-hybridized carbons (Fsp3) is 0.167. The standard InChI is InChI=1S/C12H12BrN3O/c1-8(9-5-3-2-4-6-9)17-12-15-10(13)7-11(14)16-12/h2-8H,1H3,(H2,14,15,16). The van der Waals surface area contributed by atoms with Crippen molar-refractivity contribution in [2.24, 2.45) is 0 Å². The van der Waals surface area contributed by atoms with Gasteiger partial charge in [-0.2, -0.15) is 9.97 Å². The molecule has 0 fully saturated rings. The third kappa shape index (κ3) is 3.17. The summed E-state index contributed by atoms with van der Waals surface area (Å²) in [6, 6.07) is 11.8. The highest BCUT2D eigenvalue weighted by molar-refractivity contribution is 9.10. The normalized spacial score (nSPS) is 12.1. The minimum atomic E-state index is -0.120. The number of hydrogen-bond donors (Lipinski definition) is 1. The van der Waals surface area contributed by atoms with E-state index >= 15 is 0 Å². The number of rotatable bonds is 3. The molecule has 0 aliphatic heterocycles. The van der Waals surface area contributed by atoms with E-state index in [2.05, 4.69) is 25.9 Å². The number of aromatic nitrogens is 2. The molecule has 0 saturated heterocycles. The quantitative estimate of drug-likeness (QED) is 0.884. The molecule has 0 saturated carbocycles. The minimum Gasteiger partial charge on any atom is -0.455 e. The zero-order valence-corrected chi connectivity index (χ0v) is 10.9. The predicted molar refractivity (Wildman–Crippen MR) is 69.6 cm³/mol. The maximum atomic E-state index is 5.63. The second-order valence-corrected chi connectivity index (χ2v) is 4.38. The van der Waals surface area contributed by atoms with Gasteiger partial charge in [0.05, 0.1) is 0 Å². The van der Waals surface area contributed by atoms with Crippen LogP contribution in [0.4, 0.5) is 5.82 Å². The van der Waals surface area contributed by atoms with Gasteiger partial charge in [-0.3, -0.25) is 0 Å². The first-order valence-corrected chi connectivity index (χ1v) is 5.96. The lowest BCUT2D eigenvalue weighted by molar-refractivity contribution is 0.207. The predicted octanol–water partition coefficient (Wildman–Crippen LogP) is 2.96. The first kappa shape index (κ1) is 11.9. The van der Waals surface area contributed by atoms with Crippen molar-refractivity contribution in [3.8, 4) is 6.01 Å². The summed E-state index contributed by atoms with van der Waals surface area (Å²) in [5.41, 5.74) is 6.68. The van der Waals surface area contributed by atoms with Crippen LogP contribution in [-0.2, 0) is 0 Å². The van der Waals surface area contributed by atoms with Gasteiger partial charge in [0, 0.05) is 6.07 Å². The van der Waals surface area contributed by atoms with Crippen molar-refractivity contribution in [1.29, 1.82) is 0 Å². The Kier molecular flexibility index (Phi) is 3.58. The van der Waals surface area contributed by atoms with Crippen molar-refractivity contribution < 1.29 is 4.74 Å². The van der Waals surface area contributed by atoms with Crippen LogP contribution in [0.15, 0.2) is 41.0 Å². The molecular weight excluding hydrogens is 282 g/mol. The molecule has 17 heavy (non-hydrogen) atoms. The number of benzene rings is 1. The van der Waals surface area contributed by atoms with Crippen LogP contribution < -0.4 is 10.5 Å². The van der Waals surface area contributed by atoms with Gasteiger partial charge in [-0.1, -0.05) is 30.3 Å². The van der Waals surface area contributed by atoms with Crippen LogP contribution >= 0.6 is 15.9 Å². The van der Waals surface area contributed by atoms with Crippen LogP contribution in [0.2, 0.25) is 0 Å². The third-order valence-corrected chi connectivity index (χ3v) is 2.65. The lowest BCUT2D eigenvalue weighted by Crippen LogP contribution is -2.06. The lowest BCUT2D eigenvalue weighted by Gasteiger charge is -2.13. The van der Waals surface area contributed by atoms with Crippen molar-refractivity contribution in [1.82, 2.24) is 9.97 Å². The Morgan fingerprint density at radius 2 is 1.94 bits per heavy atom. The van der Waals surface area contributed by atoms with Crippen molar-refractivity contribution in [2.45, 2.75) is 13.0 Å². The number of nitrogen functional groups attached to an aromatic ring is 1. The van der Waals surface area contributed by atoms with Gasteiger partial charge >= 0.3 is 6.01 Å². The number of halogens is 1. The average molecular weight is 294 g/mol. The number of nitrogens with two attached hydrogens (primary N) is 1. The van der Waals surface area contributed by atoms with Gasteiger partial charge in [-0.05, 0) is 28.4 Å². The summed E-state index contributed by atoms with van der Waals surface area (Å²) in [7, 11) is 0. The Bertz CT molecular complexity index is 484. The van der Waals surface area contributed by atoms with Gasteiger partial charge in [0.1, 0.15) is 16.5 Å². The van der Waals surface area contributed by atoms with Gasteiger partial charge in [0.25, 0.3) is 0 Å². The Hall–Kier alpha value is -1.62. The average Bonchev–Trinajstić information content (AvgIpc) is 2.28. The van der Waals surface area contributed by atoms with Crippen molar-refractivity contribution >= 4 is 21.7 Å². The van der Waals surface area contributed by atoms with Crippen LogP contribution in [0.5, 0.6) is 6.01 Å². The fourth-order valence-electron chi connectivity index (χ4n) is 1.42. The maximum absolute atomic E-state index is 5.63. The van der Waals surface area contributed by atoms with Crippen LogP contribution in [0.1, 0.15) is 18.6 Å². The molecule has 0 amide bonds. The van der Waals surface area contributed by atoms with Gasteiger partial charge in [-0.25, -0.2) is 0 Å². The zero-order chi connectivity index (χ0) is 12.3. The molecule has 0 spiro atoms. The SMILES string of the molecule is CC(Oc1nc(N)cc(Br)n1)c1ccccc1. The van der Waals surface area contributed by atoms with Crippen LogP contribution in [0.25, 0.3) is 0 Å². The Balaban J connectivity index is 2.16. The van der Waals surface area contributed by atoms with Crippen LogP contribution in [0.3, 0.4) is 0 Å². The van der Waals surface area contributed by atoms with Crippen molar-refractivity contribution in [2.75, 3.05) is 5.73 Å². The number of anilines is 1.